The summed E-state index contributed by atoms with van der Waals surface area (Å²) in [5.41, 5.74) is 1.21. The summed E-state index contributed by atoms with van der Waals surface area (Å²) in [6.45, 7) is 8.27. The zero-order valence-electron chi connectivity index (χ0n) is 20.2. The Morgan fingerprint density at radius 3 is 2.51 bits per heavy atom. The lowest BCUT2D eigenvalue weighted by molar-refractivity contribution is -0.137. The topological polar surface area (TPSA) is 68.1 Å². The van der Waals surface area contributed by atoms with E-state index in [0.29, 0.717) is 35.1 Å². The van der Waals surface area contributed by atoms with Gasteiger partial charge in [0.1, 0.15) is 5.69 Å². The van der Waals surface area contributed by atoms with Crippen molar-refractivity contribution in [2.24, 2.45) is 16.7 Å². The first-order chi connectivity index (χ1) is 16.3. The standard InChI is InChI=1S/C25H31F3N4O2S/c1-15(2)32-21(10-20(30-32)19-8-16(4-6-29-19)25(26,27)28)22-18-9-17(11-23(18,22)3)31-7-5-24(12-31)13-35(33,34)14-24/h4,6,8,10,15,17-18,22H,5,7,9,11-14H2,1-3H3/t17-,18-,22+,23+/m0/s1. The quantitative estimate of drug-likeness (QED) is 0.606. The summed E-state index contributed by atoms with van der Waals surface area (Å²) >= 11 is 0. The Morgan fingerprint density at radius 1 is 1.17 bits per heavy atom. The normalized spacial score (nSPS) is 33.3. The first-order valence-corrected chi connectivity index (χ1v) is 14.2. The van der Waals surface area contributed by atoms with Crippen LogP contribution in [-0.4, -0.2) is 58.7 Å². The Balaban J connectivity index is 1.21. The van der Waals surface area contributed by atoms with Crippen LogP contribution in [0.5, 0.6) is 0 Å². The Hall–Kier alpha value is -1.94. The summed E-state index contributed by atoms with van der Waals surface area (Å²) in [6.07, 6.45) is -0.119. The first-order valence-electron chi connectivity index (χ1n) is 12.4. The van der Waals surface area contributed by atoms with E-state index in [4.69, 9.17) is 5.10 Å². The van der Waals surface area contributed by atoms with Gasteiger partial charge < -0.3 is 0 Å². The molecule has 2 aromatic heterocycles. The highest BCUT2D eigenvalue weighted by Crippen LogP contribution is 2.73. The van der Waals surface area contributed by atoms with Gasteiger partial charge in [0.2, 0.25) is 0 Å². The van der Waals surface area contributed by atoms with Crippen LogP contribution in [0.15, 0.2) is 24.4 Å². The molecule has 1 spiro atoms. The van der Waals surface area contributed by atoms with Crippen LogP contribution in [0.25, 0.3) is 11.4 Å². The summed E-state index contributed by atoms with van der Waals surface area (Å²) in [5.74, 6) is 1.51. The summed E-state index contributed by atoms with van der Waals surface area (Å²) in [4.78, 5) is 6.70. The minimum atomic E-state index is -4.42. The van der Waals surface area contributed by atoms with E-state index in [2.05, 4.69) is 16.8 Å². The second kappa shape index (κ2) is 7.31. The average Bonchev–Trinajstić information content (AvgIpc) is 3.21. The van der Waals surface area contributed by atoms with Crippen LogP contribution < -0.4 is 0 Å². The van der Waals surface area contributed by atoms with Gasteiger partial charge in [0.15, 0.2) is 9.84 Å². The lowest BCUT2D eigenvalue weighted by atomic mass is 9.91. The van der Waals surface area contributed by atoms with Gasteiger partial charge in [-0.2, -0.15) is 18.3 Å². The maximum atomic E-state index is 13.2. The van der Waals surface area contributed by atoms with Crippen molar-refractivity contribution in [1.29, 1.82) is 0 Å². The predicted molar refractivity (Wildman–Crippen MR) is 125 cm³/mol. The fourth-order valence-electron chi connectivity index (χ4n) is 7.39. The zero-order chi connectivity index (χ0) is 25.0. The molecular weight excluding hydrogens is 477 g/mol. The van der Waals surface area contributed by atoms with E-state index >= 15 is 0 Å². The fourth-order valence-corrected chi connectivity index (χ4v) is 9.64. The highest BCUT2D eigenvalue weighted by molar-refractivity contribution is 7.92. The van der Waals surface area contributed by atoms with Crippen LogP contribution in [0.3, 0.4) is 0 Å². The molecule has 35 heavy (non-hydrogen) atoms. The van der Waals surface area contributed by atoms with Gasteiger partial charge >= 0.3 is 6.18 Å². The van der Waals surface area contributed by atoms with Crippen LogP contribution in [0.2, 0.25) is 0 Å². The molecule has 0 aromatic carbocycles. The molecule has 2 aliphatic carbocycles. The Labute approximate surface area is 203 Å². The molecule has 2 aromatic rings. The molecule has 10 heteroatoms. The summed E-state index contributed by atoms with van der Waals surface area (Å²) in [7, 11) is -2.83. The number of sulfone groups is 1. The number of likely N-dealkylation sites (tertiary alicyclic amines) is 1. The molecule has 2 aliphatic heterocycles. The van der Waals surface area contributed by atoms with Crippen molar-refractivity contribution in [1.82, 2.24) is 19.7 Å². The second-order valence-electron chi connectivity index (χ2n) is 11.9. The number of hydrogen-bond donors (Lipinski definition) is 0. The molecule has 6 nitrogen and oxygen atoms in total. The van der Waals surface area contributed by atoms with Crippen LogP contribution in [0.1, 0.15) is 63.3 Å². The van der Waals surface area contributed by atoms with Gasteiger partial charge in [-0.25, -0.2) is 8.42 Å². The second-order valence-corrected chi connectivity index (χ2v) is 13.9. The highest BCUT2D eigenvalue weighted by Gasteiger charge is 2.68. The third-order valence-corrected chi connectivity index (χ3v) is 11.1. The molecule has 4 fully saturated rings. The Bertz CT molecular complexity index is 1280. The molecule has 2 saturated heterocycles. The van der Waals surface area contributed by atoms with E-state index < -0.39 is 21.6 Å². The van der Waals surface area contributed by atoms with Crippen molar-refractivity contribution in [2.75, 3.05) is 24.6 Å². The van der Waals surface area contributed by atoms with E-state index in [-0.39, 0.29) is 22.6 Å². The van der Waals surface area contributed by atoms with Crippen LogP contribution in [0.4, 0.5) is 13.2 Å². The minimum absolute atomic E-state index is 0.0188. The number of alkyl halides is 3. The van der Waals surface area contributed by atoms with Crippen LogP contribution >= 0.6 is 0 Å². The smallest absolute Gasteiger partial charge is 0.300 e. The number of halogens is 3. The number of hydrogen-bond acceptors (Lipinski definition) is 5. The van der Waals surface area contributed by atoms with Gasteiger partial charge in [-0.05, 0) is 69.2 Å². The van der Waals surface area contributed by atoms with E-state index in [1.165, 1.54) is 6.20 Å². The van der Waals surface area contributed by atoms with Gasteiger partial charge in [-0.1, -0.05) is 6.92 Å². The third-order valence-electron chi connectivity index (χ3n) is 9.01. The van der Waals surface area contributed by atoms with E-state index in [9.17, 15) is 21.6 Å². The minimum Gasteiger partial charge on any atom is -0.300 e. The maximum absolute atomic E-state index is 13.2. The van der Waals surface area contributed by atoms with Crippen molar-refractivity contribution < 1.29 is 21.6 Å². The van der Waals surface area contributed by atoms with E-state index in [1.54, 1.807) is 0 Å². The van der Waals surface area contributed by atoms with Crippen LogP contribution in [0, 0.1) is 16.7 Å². The van der Waals surface area contributed by atoms with Crippen molar-refractivity contribution >= 4 is 9.84 Å². The summed E-state index contributed by atoms with van der Waals surface area (Å²) in [5, 5.41) is 4.69. The summed E-state index contributed by atoms with van der Waals surface area (Å²) < 4.78 is 65.2. The number of nitrogens with zero attached hydrogens (tertiary/aromatic N) is 4. The van der Waals surface area contributed by atoms with Crippen molar-refractivity contribution in [3.8, 4) is 11.4 Å². The molecular formula is C25H31F3N4O2S. The first kappa shape index (κ1) is 23.5. The van der Waals surface area contributed by atoms with Gasteiger partial charge in [0.25, 0.3) is 0 Å². The van der Waals surface area contributed by atoms with Gasteiger partial charge in [-0.15, -0.1) is 0 Å². The SMILES string of the molecule is CC(C)n1nc(-c2cc(C(F)(F)F)ccn2)cc1[C@H]1[C@@H]2C[C@H](N3CCC4(C3)CS(=O)(=O)C4)C[C@]21C. The molecule has 0 radical (unpaired) electrons. The molecule has 0 N–H and O–H groups in total. The summed E-state index contributed by atoms with van der Waals surface area (Å²) in [6, 6.07) is 4.56. The third kappa shape index (κ3) is 3.74. The number of pyridine rings is 1. The van der Waals surface area contributed by atoms with Crippen LogP contribution in [-0.2, 0) is 16.0 Å². The molecule has 2 saturated carbocycles. The van der Waals surface area contributed by atoms with Crippen molar-refractivity contribution in [3.05, 3.63) is 35.7 Å². The van der Waals surface area contributed by atoms with Crippen molar-refractivity contribution in [2.45, 2.75) is 64.2 Å². The molecule has 190 valence electrons. The zero-order valence-corrected chi connectivity index (χ0v) is 21.0. The maximum Gasteiger partial charge on any atom is 0.416 e. The number of rotatable bonds is 4. The molecule has 0 unspecified atom stereocenters. The van der Waals surface area contributed by atoms with Gasteiger partial charge in [0.05, 0.1) is 22.8 Å². The molecule has 0 bridgehead atoms. The Kier molecular flexibility index (Phi) is 4.90. The molecule has 4 aliphatic rings. The number of fused-ring (bicyclic) bond motifs is 1. The average molecular weight is 509 g/mol. The van der Waals surface area contributed by atoms with Gasteiger partial charge in [0, 0.05) is 41.9 Å². The monoisotopic (exact) mass is 508 g/mol. The molecule has 4 heterocycles. The fraction of sp³-hybridized carbons (Fsp3) is 0.680. The molecule has 4 atom stereocenters. The lowest BCUT2D eigenvalue weighted by Gasteiger charge is -2.38. The van der Waals surface area contributed by atoms with E-state index in [0.717, 1.165) is 50.2 Å². The predicted octanol–water partition coefficient (Wildman–Crippen LogP) is 4.55. The number of aromatic nitrogens is 3. The largest absolute Gasteiger partial charge is 0.416 e. The lowest BCUT2D eigenvalue weighted by Crippen LogP contribution is -2.50. The molecule has 6 rings (SSSR count). The van der Waals surface area contributed by atoms with E-state index in [1.807, 2.05) is 24.6 Å². The van der Waals surface area contributed by atoms with Gasteiger partial charge in [-0.3, -0.25) is 14.6 Å². The van der Waals surface area contributed by atoms with Crippen molar-refractivity contribution in [3.63, 3.8) is 0 Å². The Morgan fingerprint density at radius 2 is 1.91 bits per heavy atom. The molecule has 0 amide bonds. The highest BCUT2D eigenvalue weighted by atomic mass is 32.2.